The predicted octanol–water partition coefficient (Wildman–Crippen LogP) is 4.05. The van der Waals surface area contributed by atoms with Gasteiger partial charge in [0.15, 0.2) is 0 Å². The monoisotopic (exact) mass is 357 g/mol. The quantitative estimate of drug-likeness (QED) is 0.759. The first-order valence-electron chi connectivity index (χ1n) is 6.91. The highest BCUT2D eigenvalue weighted by Crippen LogP contribution is 2.12. The fourth-order valence-electron chi connectivity index (χ4n) is 2.02. The molecule has 0 aliphatic heterocycles. The number of halogens is 2. The summed E-state index contributed by atoms with van der Waals surface area (Å²) in [7, 11) is -3.32. The molecule has 22 heavy (non-hydrogen) atoms. The van der Waals surface area contributed by atoms with Crippen LogP contribution in [0.3, 0.4) is 0 Å². The third-order valence-corrected chi connectivity index (χ3v) is 5.01. The van der Waals surface area contributed by atoms with Gasteiger partial charge in [-0.25, -0.2) is 13.1 Å². The van der Waals surface area contributed by atoms with Gasteiger partial charge < -0.3 is 0 Å². The summed E-state index contributed by atoms with van der Waals surface area (Å²) in [5, 5.41) is 1.30. The molecule has 0 spiro atoms. The molecule has 0 amide bonds. The summed E-state index contributed by atoms with van der Waals surface area (Å²) in [5.74, 6) is -0.0366. The second kappa shape index (κ2) is 7.97. The highest BCUT2D eigenvalue weighted by atomic mass is 35.5. The lowest BCUT2D eigenvalue weighted by Crippen LogP contribution is -2.26. The Morgan fingerprint density at radius 2 is 1.32 bits per heavy atom. The Labute approximate surface area is 141 Å². The highest BCUT2D eigenvalue weighted by molar-refractivity contribution is 7.88. The second-order valence-corrected chi connectivity index (χ2v) is 7.69. The van der Waals surface area contributed by atoms with Crippen LogP contribution in [0, 0.1) is 0 Å². The van der Waals surface area contributed by atoms with Gasteiger partial charge in [0, 0.05) is 16.6 Å². The fourth-order valence-corrected chi connectivity index (χ4v) is 3.46. The first-order chi connectivity index (χ1) is 10.4. The molecule has 6 heteroatoms. The van der Waals surface area contributed by atoms with Crippen LogP contribution in [0.5, 0.6) is 0 Å². The van der Waals surface area contributed by atoms with Crippen molar-refractivity contribution in [2.45, 2.75) is 18.6 Å². The van der Waals surface area contributed by atoms with Crippen LogP contribution in [0.1, 0.15) is 17.5 Å². The van der Waals surface area contributed by atoms with Crippen molar-refractivity contribution in [1.29, 1.82) is 0 Å². The maximum atomic E-state index is 12.0. The van der Waals surface area contributed by atoms with Crippen LogP contribution in [0.25, 0.3) is 0 Å². The standard InChI is InChI=1S/C16H17Cl2NO2S/c17-15-7-3-13(4-8-15)2-1-11-19-22(20,21)12-14-5-9-16(18)10-6-14/h3-10,19H,1-2,11-12H2. The van der Waals surface area contributed by atoms with Gasteiger partial charge in [-0.2, -0.15) is 0 Å². The topological polar surface area (TPSA) is 46.2 Å². The normalized spacial score (nSPS) is 11.5. The Morgan fingerprint density at radius 1 is 0.818 bits per heavy atom. The predicted molar refractivity (Wildman–Crippen MR) is 91.9 cm³/mol. The molecule has 0 atom stereocenters. The molecule has 2 aromatic carbocycles. The zero-order valence-electron chi connectivity index (χ0n) is 11.9. The minimum absolute atomic E-state index is 0.0366. The molecule has 0 aliphatic carbocycles. The number of benzene rings is 2. The number of hydrogen-bond acceptors (Lipinski definition) is 2. The van der Waals surface area contributed by atoms with Gasteiger partial charge in [-0.3, -0.25) is 0 Å². The van der Waals surface area contributed by atoms with Gasteiger partial charge in [-0.15, -0.1) is 0 Å². The summed E-state index contributed by atoms with van der Waals surface area (Å²) in [6, 6.07) is 14.4. The van der Waals surface area contributed by atoms with Gasteiger partial charge >= 0.3 is 0 Å². The fraction of sp³-hybridized carbons (Fsp3) is 0.250. The van der Waals surface area contributed by atoms with Gasteiger partial charge in [-0.1, -0.05) is 47.5 Å². The first kappa shape index (κ1) is 17.3. The van der Waals surface area contributed by atoms with Crippen molar-refractivity contribution in [2.75, 3.05) is 6.54 Å². The lowest BCUT2D eigenvalue weighted by molar-refractivity contribution is 0.578. The number of hydrogen-bond donors (Lipinski definition) is 1. The Morgan fingerprint density at radius 3 is 1.86 bits per heavy atom. The summed E-state index contributed by atoms with van der Waals surface area (Å²) < 4.78 is 26.6. The molecule has 3 nitrogen and oxygen atoms in total. The number of aryl methyl sites for hydroxylation is 1. The van der Waals surface area contributed by atoms with Gasteiger partial charge in [-0.05, 0) is 48.2 Å². The molecule has 0 radical (unpaired) electrons. The van der Waals surface area contributed by atoms with Crippen molar-refractivity contribution in [3.63, 3.8) is 0 Å². The van der Waals surface area contributed by atoms with Crippen molar-refractivity contribution in [1.82, 2.24) is 4.72 Å². The summed E-state index contributed by atoms with van der Waals surface area (Å²) in [4.78, 5) is 0. The summed E-state index contributed by atoms with van der Waals surface area (Å²) in [6.07, 6.45) is 1.54. The number of sulfonamides is 1. The van der Waals surface area contributed by atoms with Gasteiger partial charge in [0.25, 0.3) is 0 Å². The van der Waals surface area contributed by atoms with Crippen LogP contribution < -0.4 is 4.72 Å². The maximum Gasteiger partial charge on any atom is 0.215 e. The molecule has 0 fully saturated rings. The van der Waals surface area contributed by atoms with Gasteiger partial charge in [0.2, 0.25) is 10.0 Å². The zero-order valence-corrected chi connectivity index (χ0v) is 14.3. The third kappa shape index (κ3) is 5.97. The lowest BCUT2D eigenvalue weighted by Gasteiger charge is -2.07. The molecule has 0 unspecified atom stereocenters. The van der Waals surface area contributed by atoms with Crippen molar-refractivity contribution >= 4 is 33.2 Å². The van der Waals surface area contributed by atoms with Crippen LogP contribution >= 0.6 is 23.2 Å². The minimum atomic E-state index is -3.32. The van der Waals surface area contributed by atoms with Crippen molar-refractivity contribution in [3.8, 4) is 0 Å². The molecule has 118 valence electrons. The molecule has 1 N–H and O–H groups in total. The molecule has 0 heterocycles. The zero-order chi connectivity index (χ0) is 16.0. The lowest BCUT2D eigenvalue weighted by atomic mass is 10.1. The smallest absolute Gasteiger partial charge is 0.215 e. The van der Waals surface area contributed by atoms with Crippen LogP contribution in [-0.2, 0) is 22.2 Å². The van der Waals surface area contributed by atoms with Crippen molar-refractivity contribution in [2.24, 2.45) is 0 Å². The number of nitrogens with one attached hydrogen (secondary N) is 1. The van der Waals surface area contributed by atoms with E-state index in [2.05, 4.69) is 4.72 Å². The average molecular weight is 358 g/mol. The molecule has 0 saturated heterocycles. The number of rotatable bonds is 7. The molecule has 2 aromatic rings. The van der Waals surface area contributed by atoms with Crippen molar-refractivity contribution < 1.29 is 8.42 Å². The second-order valence-electron chi connectivity index (χ2n) is 5.01. The maximum absolute atomic E-state index is 12.0. The van der Waals surface area contributed by atoms with Crippen LogP contribution in [0.15, 0.2) is 48.5 Å². The summed E-state index contributed by atoms with van der Waals surface area (Å²) in [5.41, 5.74) is 1.86. The van der Waals surface area contributed by atoms with E-state index in [1.54, 1.807) is 24.3 Å². The molecular weight excluding hydrogens is 341 g/mol. The highest BCUT2D eigenvalue weighted by Gasteiger charge is 2.10. The minimum Gasteiger partial charge on any atom is -0.215 e. The summed E-state index contributed by atoms with van der Waals surface area (Å²) >= 11 is 11.6. The van der Waals surface area contributed by atoms with E-state index in [4.69, 9.17) is 23.2 Å². The molecule has 0 bridgehead atoms. The van der Waals surface area contributed by atoms with E-state index in [9.17, 15) is 8.42 Å². The van der Waals surface area contributed by atoms with Crippen molar-refractivity contribution in [3.05, 3.63) is 69.7 Å². The molecular formula is C16H17Cl2NO2S. The largest absolute Gasteiger partial charge is 0.215 e. The van der Waals surface area contributed by atoms with Crippen LogP contribution in [0.2, 0.25) is 10.0 Å². The summed E-state index contributed by atoms with van der Waals surface area (Å²) in [6.45, 7) is 0.415. The molecule has 0 aliphatic rings. The Balaban J connectivity index is 1.77. The van der Waals surface area contributed by atoms with Crippen LogP contribution in [0.4, 0.5) is 0 Å². The van der Waals surface area contributed by atoms with E-state index >= 15 is 0 Å². The molecule has 0 saturated carbocycles. The van der Waals surface area contributed by atoms with E-state index in [1.807, 2.05) is 24.3 Å². The SMILES string of the molecule is O=S(=O)(Cc1ccc(Cl)cc1)NCCCc1ccc(Cl)cc1. The third-order valence-electron chi connectivity index (χ3n) is 3.15. The van der Waals surface area contributed by atoms with E-state index in [1.165, 1.54) is 0 Å². The Kier molecular flexibility index (Phi) is 6.26. The van der Waals surface area contributed by atoms with E-state index < -0.39 is 10.0 Å². The van der Waals surface area contributed by atoms with Gasteiger partial charge in [0.05, 0.1) is 5.75 Å². The van der Waals surface area contributed by atoms with Gasteiger partial charge in [0.1, 0.15) is 0 Å². The van der Waals surface area contributed by atoms with E-state index in [0.29, 0.717) is 16.6 Å². The van der Waals surface area contributed by atoms with E-state index in [0.717, 1.165) is 24.0 Å². The van der Waals surface area contributed by atoms with Crippen LogP contribution in [-0.4, -0.2) is 15.0 Å². The molecule has 2 rings (SSSR count). The van der Waals surface area contributed by atoms with E-state index in [-0.39, 0.29) is 5.75 Å². The molecule has 0 aromatic heterocycles. The first-order valence-corrected chi connectivity index (χ1v) is 9.32. The Bertz CT molecular complexity index is 698. The Hall–Kier alpha value is -1.07. The average Bonchev–Trinajstić information content (AvgIpc) is 2.48.